The van der Waals surface area contributed by atoms with Gasteiger partial charge >= 0.3 is 0 Å². The topological polar surface area (TPSA) is 58.9 Å². The molecule has 1 aliphatic rings. The van der Waals surface area contributed by atoms with E-state index in [4.69, 9.17) is 9.47 Å². The zero-order valence-corrected chi connectivity index (χ0v) is 18.0. The van der Waals surface area contributed by atoms with E-state index in [9.17, 15) is 10.2 Å². The highest BCUT2D eigenvalue weighted by Gasteiger charge is 2.49. The van der Waals surface area contributed by atoms with Gasteiger partial charge in [0.15, 0.2) is 11.5 Å². The van der Waals surface area contributed by atoms with Crippen LogP contribution in [-0.2, 0) is 10.3 Å². The summed E-state index contributed by atoms with van der Waals surface area (Å²) in [5.41, 5.74) is 0.0440. The quantitative estimate of drug-likeness (QED) is 0.630. The van der Waals surface area contributed by atoms with Crippen LogP contribution in [0.15, 0.2) is 48.5 Å². The van der Waals surface area contributed by atoms with Gasteiger partial charge < -0.3 is 19.7 Å². The smallest absolute Gasteiger partial charge is 0.163 e. The number of hydrogen-bond donors (Lipinski definition) is 2. The van der Waals surface area contributed by atoms with Gasteiger partial charge in [0.05, 0.1) is 11.2 Å². The average molecular weight is 421 g/mol. The van der Waals surface area contributed by atoms with Gasteiger partial charge in [-0.25, -0.2) is 0 Å². The maximum atomic E-state index is 12.2. The molecule has 0 bridgehead atoms. The summed E-state index contributed by atoms with van der Waals surface area (Å²) >= 11 is 3.51. The van der Waals surface area contributed by atoms with E-state index < -0.39 is 11.7 Å². The molecule has 0 saturated carbocycles. The number of phenols is 1. The highest BCUT2D eigenvalue weighted by atomic mass is 32.2. The summed E-state index contributed by atoms with van der Waals surface area (Å²) in [6, 6.07) is 15.0. The van der Waals surface area contributed by atoms with Gasteiger partial charge in [-0.3, -0.25) is 0 Å². The molecule has 3 rings (SSSR count). The molecule has 2 aromatic carbocycles. The minimum Gasteiger partial charge on any atom is -0.504 e. The first-order chi connectivity index (χ1) is 13.6. The maximum absolute atomic E-state index is 12.2. The number of aromatic hydroxyl groups is 1. The first kappa shape index (κ1) is 21.4. The van der Waals surface area contributed by atoms with Crippen LogP contribution in [0.25, 0.3) is 0 Å². The van der Waals surface area contributed by atoms with Crippen LogP contribution < -0.4 is 4.74 Å². The lowest BCUT2D eigenvalue weighted by Crippen LogP contribution is -2.44. The number of phenolic OH excluding ortho intramolecular Hbond substituents is 1. The molecule has 0 aliphatic carbocycles. The molecule has 152 valence electrons. The largest absolute Gasteiger partial charge is 0.504 e. The minimum atomic E-state index is -1.30. The molecule has 2 atom stereocenters. The zero-order chi connectivity index (χ0) is 20.0. The van der Waals surface area contributed by atoms with Crippen LogP contribution in [0.1, 0.15) is 37.5 Å². The second kappa shape index (κ2) is 9.92. The number of thioether (sulfide) groups is 2. The number of benzene rings is 2. The number of rotatable bonds is 8. The van der Waals surface area contributed by atoms with Crippen molar-refractivity contribution in [2.24, 2.45) is 0 Å². The maximum Gasteiger partial charge on any atom is 0.163 e. The van der Waals surface area contributed by atoms with Gasteiger partial charge in [0.25, 0.3) is 0 Å². The molecule has 28 heavy (non-hydrogen) atoms. The van der Waals surface area contributed by atoms with E-state index in [1.54, 1.807) is 29.6 Å². The first-order valence-electron chi connectivity index (χ1n) is 9.70. The van der Waals surface area contributed by atoms with Crippen LogP contribution in [0, 0.1) is 0 Å². The van der Waals surface area contributed by atoms with Crippen molar-refractivity contribution in [3.8, 4) is 11.5 Å². The number of ether oxygens (including phenoxy) is 2. The van der Waals surface area contributed by atoms with E-state index in [-0.39, 0.29) is 10.3 Å². The van der Waals surface area contributed by atoms with Gasteiger partial charge in [0.1, 0.15) is 11.7 Å². The van der Waals surface area contributed by atoms with Crippen molar-refractivity contribution >= 4 is 23.5 Å². The summed E-state index contributed by atoms with van der Waals surface area (Å²) in [6.45, 7) is 4.65. The van der Waals surface area contributed by atoms with Gasteiger partial charge in [0.2, 0.25) is 0 Å². The predicted molar refractivity (Wildman–Crippen MR) is 117 cm³/mol. The molecule has 2 N–H and O–H groups in total. The fourth-order valence-electron chi connectivity index (χ4n) is 3.50. The van der Waals surface area contributed by atoms with Crippen LogP contribution in [0.5, 0.6) is 11.5 Å². The minimum absolute atomic E-state index is 0.0305. The molecule has 1 fully saturated rings. The molecule has 2 unspecified atom stereocenters. The molecular weight excluding hydrogens is 392 g/mol. The Morgan fingerprint density at radius 2 is 1.75 bits per heavy atom. The van der Waals surface area contributed by atoms with E-state index in [0.29, 0.717) is 24.5 Å². The molecule has 1 aliphatic heterocycles. The Hall–Kier alpha value is -1.34. The fraction of sp³-hybridized carbons (Fsp3) is 0.455. The van der Waals surface area contributed by atoms with Crippen molar-refractivity contribution in [2.75, 3.05) is 24.7 Å². The first-order valence-corrected chi connectivity index (χ1v) is 11.8. The van der Waals surface area contributed by atoms with Crippen molar-refractivity contribution in [3.63, 3.8) is 0 Å². The summed E-state index contributed by atoms with van der Waals surface area (Å²) < 4.78 is 11.6. The Balaban J connectivity index is 2.13. The molecular formula is C22H28O4S2. The monoisotopic (exact) mass is 420 g/mol. The summed E-state index contributed by atoms with van der Waals surface area (Å²) in [4.78, 5) is 0. The van der Waals surface area contributed by atoms with Gasteiger partial charge in [-0.1, -0.05) is 42.5 Å². The lowest BCUT2D eigenvalue weighted by Gasteiger charge is -2.43. The molecule has 0 spiro atoms. The summed E-state index contributed by atoms with van der Waals surface area (Å²) in [7, 11) is 0. The summed E-state index contributed by atoms with van der Waals surface area (Å²) in [5.74, 6) is 2.43. The van der Waals surface area contributed by atoms with E-state index in [0.717, 1.165) is 23.5 Å². The standard InChI is InChI=1S/C22H28O4S2/c1-3-25-18-13-8-12-17(19(18)23)20(26-4-2)22(24,16-10-6-5-7-11-16)21-27-14-9-15-28-21/h5-8,10-13,20-21,23-24H,3-4,9,14-15H2,1-2H3. The third-order valence-corrected chi connectivity index (χ3v) is 7.96. The van der Waals surface area contributed by atoms with Crippen LogP contribution >= 0.6 is 23.5 Å². The third-order valence-electron chi connectivity index (χ3n) is 4.77. The Bertz CT molecular complexity index is 749. The molecule has 2 aromatic rings. The number of hydrogen-bond acceptors (Lipinski definition) is 6. The number of aliphatic hydroxyl groups is 1. The third kappa shape index (κ3) is 4.30. The van der Waals surface area contributed by atoms with Crippen LogP contribution in [0.3, 0.4) is 0 Å². The molecule has 6 heteroatoms. The Morgan fingerprint density at radius 3 is 2.39 bits per heavy atom. The van der Waals surface area contributed by atoms with Gasteiger partial charge in [-0.2, -0.15) is 0 Å². The van der Waals surface area contributed by atoms with Crippen molar-refractivity contribution in [1.29, 1.82) is 0 Å². The lowest BCUT2D eigenvalue weighted by atomic mass is 9.85. The average Bonchev–Trinajstić information content (AvgIpc) is 2.75. The van der Waals surface area contributed by atoms with E-state index in [1.165, 1.54) is 0 Å². The molecule has 1 saturated heterocycles. The van der Waals surface area contributed by atoms with Gasteiger partial charge in [0, 0.05) is 12.2 Å². The SMILES string of the molecule is CCOc1cccc(C(OCC)C(O)(c2ccccc2)C2SCCCS2)c1O. The van der Waals surface area contributed by atoms with Crippen LogP contribution in [-0.4, -0.2) is 39.5 Å². The highest BCUT2D eigenvalue weighted by Crippen LogP contribution is 2.53. The van der Waals surface area contributed by atoms with Crippen LogP contribution in [0.2, 0.25) is 0 Å². The highest BCUT2D eigenvalue weighted by molar-refractivity contribution is 8.17. The molecule has 0 radical (unpaired) electrons. The normalized spacial score (nSPS) is 18.4. The van der Waals surface area contributed by atoms with Crippen molar-refractivity contribution in [2.45, 2.75) is 36.6 Å². The van der Waals surface area contributed by atoms with E-state index >= 15 is 0 Å². The summed E-state index contributed by atoms with van der Waals surface area (Å²) in [6.07, 6.45) is 0.407. The zero-order valence-electron chi connectivity index (χ0n) is 16.3. The Morgan fingerprint density at radius 1 is 1.04 bits per heavy atom. The molecule has 0 aromatic heterocycles. The second-order valence-electron chi connectivity index (χ2n) is 6.58. The Kier molecular flexibility index (Phi) is 7.57. The van der Waals surface area contributed by atoms with E-state index in [2.05, 4.69) is 0 Å². The second-order valence-corrected chi connectivity index (χ2v) is 9.31. The molecule has 1 heterocycles. The predicted octanol–water partition coefficient (Wildman–Crippen LogP) is 4.95. The van der Waals surface area contributed by atoms with Crippen molar-refractivity contribution in [3.05, 3.63) is 59.7 Å². The molecule has 4 nitrogen and oxygen atoms in total. The Labute approximate surface area is 175 Å². The van der Waals surface area contributed by atoms with Crippen LogP contribution in [0.4, 0.5) is 0 Å². The van der Waals surface area contributed by atoms with Gasteiger partial charge in [-0.15, -0.1) is 23.5 Å². The van der Waals surface area contributed by atoms with Gasteiger partial charge in [-0.05, 0) is 43.4 Å². The summed E-state index contributed by atoms with van der Waals surface area (Å²) in [5, 5.41) is 23.1. The lowest BCUT2D eigenvalue weighted by molar-refractivity contribution is -0.106. The fourth-order valence-corrected chi connectivity index (χ4v) is 6.72. The van der Waals surface area contributed by atoms with E-state index in [1.807, 2.05) is 56.3 Å². The van der Waals surface area contributed by atoms with Crippen molar-refractivity contribution in [1.82, 2.24) is 0 Å². The number of para-hydroxylation sites is 1. The van der Waals surface area contributed by atoms with Crippen molar-refractivity contribution < 1.29 is 19.7 Å². The molecule has 0 amide bonds.